The van der Waals surface area contributed by atoms with Crippen LogP contribution < -0.4 is 10.1 Å². The number of likely N-dealkylation sites (tertiary alicyclic amines) is 1. The first-order valence-corrected chi connectivity index (χ1v) is 8.30. The summed E-state index contributed by atoms with van der Waals surface area (Å²) in [7, 11) is 0. The molecule has 0 aromatic heterocycles. The average molecular weight is 318 g/mol. The fraction of sp³-hybridized carbons (Fsp3) is 0.556. The van der Waals surface area contributed by atoms with Crippen LogP contribution in [0.15, 0.2) is 24.3 Å². The molecule has 23 heavy (non-hydrogen) atoms. The summed E-state index contributed by atoms with van der Waals surface area (Å²) in [6.45, 7) is 7.50. The van der Waals surface area contributed by atoms with Crippen molar-refractivity contribution in [3.63, 3.8) is 0 Å². The molecule has 0 radical (unpaired) electrons. The number of amides is 2. The molecule has 0 saturated carbocycles. The van der Waals surface area contributed by atoms with Crippen LogP contribution in [-0.2, 0) is 9.59 Å². The van der Waals surface area contributed by atoms with Gasteiger partial charge in [-0.05, 0) is 44.4 Å². The Morgan fingerprint density at radius 2 is 1.87 bits per heavy atom. The van der Waals surface area contributed by atoms with Gasteiger partial charge in [0.05, 0.1) is 12.6 Å². The largest absolute Gasteiger partial charge is 0.494 e. The summed E-state index contributed by atoms with van der Waals surface area (Å²) in [6.07, 6.45) is 1.48. The number of rotatable bonds is 5. The summed E-state index contributed by atoms with van der Waals surface area (Å²) in [5, 5.41) is 3.08. The summed E-state index contributed by atoms with van der Waals surface area (Å²) in [4.78, 5) is 25.5. The van der Waals surface area contributed by atoms with E-state index in [0.29, 0.717) is 19.7 Å². The van der Waals surface area contributed by atoms with Gasteiger partial charge < -0.3 is 15.0 Å². The number of hydrogen-bond acceptors (Lipinski definition) is 3. The van der Waals surface area contributed by atoms with E-state index >= 15 is 0 Å². The zero-order valence-corrected chi connectivity index (χ0v) is 14.2. The third-order valence-corrected chi connectivity index (χ3v) is 4.36. The number of piperidine rings is 1. The summed E-state index contributed by atoms with van der Waals surface area (Å²) in [5.41, 5.74) is 1.06. The van der Waals surface area contributed by atoms with Gasteiger partial charge in [0.1, 0.15) is 5.75 Å². The van der Waals surface area contributed by atoms with Gasteiger partial charge in [0, 0.05) is 25.9 Å². The van der Waals surface area contributed by atoms with Crippen molar-refractivity contribution in [3.05, 3.63) is 29.8 Å². The smallest absolute Gasteiger partial charge is 0.223 e. The lowest BCUT2D eigenvalue weighted by atomic mass is 9.95. The van der Waals surface area contributed by atoms with Crippen LogP contribution in [-0.4, -0.2) is 36.4 Å². The number of benzene rings is 1. The second-order valence-corrected chi connectivity index (χ2v) is 6.01. The van der Waals surface area contributed by atoms with Crippen molar-refractivity contribution >= 4 is 11.8 Å². The minimum atomic E-state index is -0.0380. The van der Waals surface area contributed by atoms with E-state index in [0.717, 1.165) is 24.2 Å². The van der Waals surface area contributed by atoms with E-state index in [1.54, 1.807) is 11.8 Å². The van der Waals surface area contributed by atoms with Crippen LogP contribution in [0.25, 0.3) is 0 Å². The quantitative estimate of drug-likeness (QED) is 0.907. The van der Waals surface area contributed by atoms with Gasteiger partial charge >= 0.3 is 0 Å². The highest BCUT2D eigenvalue weighted by molar-refractivity contribution is 5.80. The first-order valence-electron chi connectivity index (χ1n) is 8.30. The second kappa shape index (κ2) is 7.99. The molecular weight excluding hydrogens is 292 g/mol. The van der Waals surface area contributed by atoms with Crippen molar-refractivity contribution in [2.45, 2.75) is 39.7 Å². The number of nitrogens with zero attached hydrogens (tertiary/aromatic N) is 1. The van der Waals surface area contributed by atoms with Crippen molar-refractivity contribution in [1.82, 2.24) is 10.2 Å². The van der Waals surface area contributed by atoms with Crippen LogP contribution >= 0.6 is 0 Å². The maximum atomic E-state index is 12.4. The third kappa shape index (κ3) is 4.71. The number of ether oxygens (including phenoxy) is 1. The monoisotopic (exact) mass is 318 g/mol. The molecule has 5 nitrogen and oxygen atoms in total. The molecule has 0 bridgehead atoms. The zero-order chi connectivity index (χ0) is 16.8. The average Bonchev–Trinajstić information content (AvgIpc) is 2.55. The molecule has 2 amide bonds. The first-order chi connectivity index (χ1) is 11.0. The number of hydrogen-bond donors (Lipinski definition) is 1. The van der Waals surface area contributed by atoms with Gasteiger partial charge in [-0.2, -0.15) is 0 Å². The van der Waals surface area contributed by atoms with Crippen molar-refractivity contribution < 1.29 is 14.3 Å². The number of carbonyl (C=O) groups excluding carboxylic acids is 2. The minimum Gasteiger partial charge on any atom is -0.494 e. The Labute approximate surface area is 138 Å². The van der Waals surface area contributed by atoms with Gasteiger partial charge in [-0.3, -0.25) is 9.59 Å². The van der Waals surface area contributed by atoms with Crippen LogP contribution in [0.2, 0.25) is 0 Å². The lowest BCUT2D eigenvalue weighted by Crippen LogP contribution is -2.42. The second-order valence-electron chi connectivity index (χ2n) is 6.01. The maximum Gasteiger partial charge on any atom is 0.223 e. The van der Waals surface area contributed by atoms with E-state index in [2.05, 4.69) is 5.32 Å². The standard InChI is InChI=1S/C18H26N2O3/c1-4-23-17-7-5-15(6-8-17)13(2)19-18(22)16-9-11-20(12-10-16)14(3)21/h5-8,13,16H,4,9-12H2,1-3H3,(H,19,22)/t13-/m1/s1. The molecule has 1 aliphatic rings. The molecule has 5 heteroatoms. The molecule has 126 valence electrons. The molecule has 0 unspecified atom stereocenters. The molecule has 0 spiro atoms. The normalized spacial score (nSPS) is 16.7. The van der Waals surface area contributed by atoms with Gasteiger partial charge in [0.25, 0.3) is 0 Å². The summed E-state index contributed by atoms with van der Waals surface area (Å²) < 4.78 is 5.43. The van der Waals surface area contributed by atoms with Crippen LogP contribution in [0.3, 0.4) is 0 Å². The fourth-order valence-corrected chi connectivity index (χ4v) is 2.89. The molecule has 1 atom stereocenters. The SMILES string of the molecule is CCOc1ccc([C@@H](C)NC(=O)C2CCN(C(C)=O)CC2)cc1. The van der Waals surface area contributed by atoms with E-state index in [4.69, 9.17) is 4.74 Å². The van der Waals surface area contributed by atoms with Gasteiger partial charge in [0.15, 0.2) is 0 Å². The Kier molecular flexibility index (Phi) is 6.02. The molecule has 0 aliphatic carbocycles. The van der Waals surface area contributed by atoms with Crippen molar-refractivity contribution in [2.24, 2.45) is 5.92 Å². The van der Waals surface area contributed by atoms with Gasteiger partial charge in [-0.15, -0.1) is 0 Å². The van der Waals surface area contributed by atoms with Crippen LogP contribution in [0.4, 0.5) is 0 Å². The minimum absolute atomic E-state index is 0.00394. The highest BCUT2D eigenvalue weighted by atomic mass is 16.5. The van der Waals surface area contributed by atoms with Crippen LogP contribution in [0.5, 0.6) is 5.75 Å². The number of carbonyl (C=O) groups is 2. The molecular formula is C18H26N2O3. The fourth-order valence-electron chi connectivity index (χ4n) is 2.89. The van der Waals surface area contributed by atoms with Gasteiger partial charge in [-0.1, -0.05) is 12.1 Å². The topological polar surface area (TPSA) is 58.6 Å². The van der Waals surface area contributed by atoms with E-state index in [-0.39, 0.29) is 23.8 Å². The molecule has 1 aromatic carbocycles. The summed E-state index contributed by atoms with van der Waals surface area (Å²) in [5.74, 6) is 1.00. The zero-order valence-electron chi connectivity index (χ0n) is 14.2. The van der Waals surface area contributed by atoms with E-state index in [1.165, 1.54) is 0 Å². The van der Waals surface area contributed by atoms with Gasteiger partial charge in [-0.25, -0.2) is 0 Å². The molecule has 1 aliphatic heterocycles. The predicted molar refractivity (Wildman–Crippen MR) is 89.1 cm³/mol. The van der Waals surface area contributed by atoms with E-state index in [9.17, 15) is 9.59 Å². The summed E-state index contributed by atoms with van der Waals surface area (Å²) in [6, 6.07) is 7.77. The molecule has 1 aromatic rings. The Hall–Kier alpha value is -2.04. The van der Waals surface area contributed by atoms with Crippen molar-refractivity contribution in [3.8, 4) is 5.75 Å². The molecule has 1 saturated heterocycles. The third-order valence-electron chi connectivity index (χ3n) is 4.36. The van der Waals surface area contributed by atoms with E-state index < -0.39 is 0 Å². The van der Waals surface area contributed by atoms with Crippen molar-refractivity contribution in [2.75, 3.05) is 19.7 Å². The molecule has 1 fully saturated rings. The highest BCUT2D eigenvalue weighted by Gasteiger charge is 2.26. The molecule has 2 rings (SSSR count). The van der Waals surface area contributed by atoms with Crippen LogP contribution in [0, 0.1) is 5.92 Å². The lowest BCUT2D eigenvalue weighted by molar-refractivity contribution is -0.134. The Morgan fingerprint density at radius 1 is 1.26 bits per heavy atom. The predicted octanol–water partition coefficient (Wildman–Crippen LogP) is 2.52. The first kappa shape index (κ1) is 17.3. The van der Waals surface area contributed by atoms with Gasteiger partial charge in [0.2, 0.25) is 11.8 Å². The Morgan fingerprint density at radius 3 is 2.39 bits per heavy atom. The van der Waals surface area contributed by atoms with Crippen LogP contribution in [0.1, 0.15) is 45.2 Å². The maximum absolute atomic E-state index is 12.4. The Bertz CT molecular complexity index is 534. The van der Waals surface area contributed by atoms with Crippen molar-refractivity contribution in [1.29, 1.82) is 0 Å². The van der Waals surface area contributed by atoms with E-state index in [1.807, 2.05) is 38.1 Å². The highest BCUT2D eigenvalue weighted by Crippen LogP contribution is 2.21. The molecule has 1 heterocycles. The number of nitrogens with one attached hydrogen (secondary N) is 1. The molecule has 1 N–H and O–H groups in total. The Balaban J connectivity index is 1.86. The summed E-state index contributed by atoms with van der Waals surface area (Å²) >= 11 is 0. The lowest BCUT2D eigenvalue weighted by Gasteiger charge is -2.31.